The van der Waals surface area contributed by atoms with E-state index in [2.05, 4.69) is 13.8 Å². The van der Waals surface area contributed by atoms with Crippen LogP contribution in [-0.2, 0) is 9.59 Å². The van der Waals surface area contributed by atoms with Crippen LogP contribution in [0.3, 0.4) is 0 Å². The van der Waals surface area contributed by atoms with E-state index in [-0.39, 0.29) is 5.91 Å². The van der Waals surface area contributed by atoms with Crippen molar-refractivity contribution in [3.63, 3.8) is 0 Å². The molecular weight excluding hydrogens is 254 g/mol. The first-order chi connectivity index (χ1) is 9.22. The van der Waals surface area contributed by atoms with Gasteiger partial charge in [-0.05, 0) is 50.4 Å². The maximum absolute atomic E-state index is 12.3. The number of amides is 1. The Balaban J connectivity index is 1.83. The van der Waals surface area contributed by atoms with E-state index in [9.17, 15) is 14.7 Å². The summed E-state index contributed by atoms with van der Waals surface area (Å²) < 4.78 is 0. The first kappa shape index (κ1) is 15.3. The summed E-state index contributed by atoms with van der Waals surface area (Å²) in [6.45, 7) is 7.30. The molecule has 1 atom stereocenters. The van der Waals surface area contributed by atoms with E-state index in [1.54, 1.807) is 11.8 Å². The van der Waals surface area contributed by atoms with Crippen molar-refractivity contribution in [2.45, 2.75) is 59.3 Å². The highest BCUT2D eigenvalue weighted by molar-refractivity contribution is 5.80. The second-order valence-corrected chi connectivity index (χ2v) is 7.74. The van der Waals surface area contributed by atoms with Crippen molar-refractivity contribution < 1.29 is 14.7 Å². The topological polar surface area (TPSA) is 57.6 Å². The molecule has 2 rings (SSSR count). The minimum Gasteiger partial charge on any atom is -0.481 e. The Hall–Kier alpha value is -1.06. The van der Waals surface area contributed by atoms with Crippen molar-refractivity contribution in [1.82, 2.24) is 4.90 Å². The number of hydrogen-bond donors (Lipinski definition) is 1. The van der Waals surface area contributed by atoms with Crippen molar-refractivity contribution in [2.24, 2.45) is 16.7 Å². The molecule has 1 aliphatic heterocycles. The second-order valence-electron chi connectivity index (χ2n) is 7.74. The lowest BCUT2D eigenvalue weighted by atomic mass is 9.72. The lowest BCUT2D eigenvalue weighted by Gasteiger charge is -2.34. The summed E-state index contributed by atoms with van der Waals surface area (Å²) in [6, 6.07) is 0. The molecule has 20 heavy (non-hydrogen) atoms. The number of aliphatic carboxylic acids is 1. The third kappa shape index (κ3) is 3.33. The molecule has 0 bridgehead atoms. The summed E-state index contributed by atoms with van der Waals surface area (Å²) >= 11 is 0. The lowest BCUT2D eigenvalue weighted by molar-refractivity contribution is -0.147. The van der Waals surface area contributed by atoms with Crippen molar-refractivity contribution >= 4 is 11.9 Å². The molecule has 1 aliphatic carbocycles. The molecule has 2 fully saturated rings. The lowest BCUT2D eigenvalue weighted by Crippen LogP contribution is -2.36. The van der Waals surface area contributed by atoms with Gasteiger partial charge in [0.2, 0.25) is 5.91 Å². The Kier molecular flexibility index (Phi) is 4.12. The summed E-state index contributed by atoms with van der Waals surface area (Å²) in [7, 11) is 0. The molecule has 1 amide bonds. The van der Waals surface area contributed by atoms with Gasteiger partial charge in [-0.25, -0.2) is 0 Å². The zero-order chi connectivity index (χ0) is 15.0. The molecule has 0 aromatic heterocycles. The fourth-order valence-electron chi connectivity index (χ4n) is 3.39. The maximum Gasteiger partial charge on any atom is 0.311 e. The summed E-state index contributed by atoms with van der Waals surface area (Å²) in [5, 5.41) is 9.21. The summed E-state index contributed by atoms with van der Waals surface area (Å²) in [5.41, 5.74) is -0.320. The van der Waals surface area contributed by atoms with Gasteiger partial charge in [-0.15, -0.1) is 0 Å². The van der Waals surface area contributed by atoms with Crippen LogP contribution in [0.2, 0.25) is 0 Å². The van der Waals surface area contributed by atoms with E-state index in [0.29, 0.717) is 37.3 Å². The van der Waals surface area contributed by atoms with Crippen LogP contribution in [0.5, 0.6) is 0 Å². The van der Waals surface area contributed by atoms with E-state index in [4.69, 9.17) is 0 Å². The number of rotatable bonds is 3. The summed E-state index contributed by atoms with van der Waals surface area (Å²) in [5.74, 6) is -0.140. The first-order valence-electron chi connectivity index (χ1n) is 7.73. The van der Waals surface area contributed by atoms with Gasteiger partial charge in [0.1, 0.15) is 0 Å². The van der Waals surface area contributed by atoms with Crippen LogP contribution in [0.25, 0.3) is 0 Å². The molecule has 114 valence electrons. The highest BCUT2D eigenvalue weighted by Crippen LogP contribution is 2.40. The van der Waals surface area contributed by atoms with Crippen molar-refractivity contribution in [1.29, 1.82) is 0 Å². The number of nitrogens with zero attached hydrogens (tertiary/aromatic N) is 1. The Bertz CT molecular complexity index is 395. The van der Waals surface area contributed by atoms with Crippen LogP contribution in [0, 0.1) is 16.7 Å². The number of carbonyl (C=O) groups is 2. The van der Waals surface area contributed by atoms with Gasteiger partial charge >= 0.3 is 5.97 Å². The number of hydrogen-bond acceptors (Lipinski definition) is 2. The highest BCUT2D eigenvalue weighted by atomic mass is 16.4. The predicted molar refractivity (Wildman–Crippen MR) is 77.3 cm³/mol. The normalized spacial score (nSPS) is 30.4. The monoisotopic (exact) mass is 281 g/mol. The van der Waals surface area contributed by atoms with Gasteiger partial charge in [0.05, 0.1) is 5.41 Å². The highest BCUT2D eigenvalue weighted by Gasteiger charge is 2.42. The summed E-state index contributed by atoms with van der Waals surface area (Å²) in [4.78, 5) is 25.3. The molecule has 1 saturated carbocycles. The maximum atomic E-state index is 12.3. The van der Waals surface area contributed by atoms with E-state index in [0.717, 1.165) is 12.8 Å². The molecule has 1 N–H and O–H groups in total. The van der Waals surface area contributed by atoms with E-state index < -0.39 is 11.4 Å². The van der Waals surface area contributed by atoms with Gasteiger partial charge in [0.25, 0.3) is 0 Å². The molecule has 1 heterocycles. The molecule has 2 aliphatic rings. The van der Waals surface area contributed by atoms with E-state index >= 15 is 0 Å². The average molecular weight is 281 g/mol. The molecule has 1 unspecified atom stereocenters. The van der Waals surface area contributed by atoms with Gasteiger partial charge < -0.3 is 10.0 Å². The molecule has 0 spiro atoms. The molecule has 4 heteroatoms. The zero-order valence-electron chi connectivity index (χ0n) is 12.9. The molecule has 4 nitrogen and oxygen atoms in total. The molecule has 0 aromatic carbocycles. The number of carboxylic acids is 1. The van der Waals surface area contributed by atoms with Gasteiger partial charge in [0, 0.05) is 19.5 Å². The van der Waals surface area contributed by atoms with Crippen LogP contribution in [0.15, 0.2) is 0 Å². The Morgan fingerprint density at radius 1 is 1.15 bits per heavy atom. The largest absolute Gasteiger partial charge is 0.481 e. The van der Waals surface area contributed by atoms with E-state index in [1.807, 2.05) is 0 Å². The predicted octanol–water partition coefficient (Wildman–Crippen LogP) is 2.92. The smallest absolute Gasteiger partial charge is 0.311 e. The summed E-state index contributed by atoms with van der Waals surface area (Å²) in [6.07, 6.45) is 5.82. The van der Waals surface area contributed by atoms with Gasteiger partial charge in [-0.2, -0.15) is 0 Å². The third-order valence-corrected chi connectivity index (χ3v) is 5.26. The van der Waals surface area contributed by atoms with E-state index in [1.165, 1.54) is 12.8 Å². The fraction of sp³-hybridized carbons (Fsp3) is 0.875. The minimum atomic E-state index is -0.785. The number of carbonyl (C=O) groups excluding carboxylic acids is 1. The number of likely N-dealkylation sites (tertiary alicyclic amines) is 1. The molecule has 1 saturated heterocycles. The Morgan fingerprint density at radius 2 is 1.75 bits per heavy atom. The molecule has 0 radical (unpaired) electrons. The quantitative estimate of drug-likeness (QED) is 0.865. The average Bonchev–Trinajstić information content (AvgIpc) is 2.76. The fourth-order valence-corrected chi connectivity index (χ4v) is 3.39. The molecule has 0 aromatic rings. The van der Waals surface area contributed by atoms with Crippen LogP contribution in [-0.4, -0.2) is 35.0 Å². The standard InChI is InChI=1S/C16H27NO3/c1-15(2)6-4-12(5-7-15)10-13(18)17-9-8-16(3,11-17)14(19)20/h12H,4-11H2,1-3H3,(H,19,20). The Morgan fingerprint density at radius 3 is 2.25 bits per heavy atom. The van der Waals surface area contributed by atoms with Gasteiger partial charge in [-0.3, -0.25) is 9.59 Å². The number of carboxylic acid groups (broad SMARTS) is 1. The van der Waals surface area contributed by atoms with Crippen LogP contribution < -0.4 is 0 Å². The van der Waals surface area contributed by atoms with Gasteiger partial charge in [0.15, 0.2) is 0 Å². The second kappa shape index (κ2) is 5.38. The van der Waals surface area contributed by atoms with Crippen molar-refractivity contribution in [3.8, 4) is 0 Å². The molecular formula is C16H27NO3. The first-order valence-corrected chi connectivity index (χ1v) is 7.73. The van der Waals surface area contributed by atoms with Crippen LogP contribution in [0.4, 0.5) is 0 Å². The van der Waals surface area contributed by atoms with Crippen molar-refractivity contribution in [2.75, 3.05) is 13.1 Å². The Labute approximate surface area is 121 Å². The third-order valence-electron chi connectivity index (χ3n) is 5.26. The van der Waals surface area contributed by atoms with Crippen LogP contribution in [0.1, 0.15) is 59.3 Å². The SMILES string of the molecule is CC1(C)CCC(CC(=O)N2CCC(C)(C(=O)O)C2)CC1. The van der Waals surface area contributed by atoms with Crippen LogP contribution >= 0.6 is 0 Å². The minimum absolute atomic E-state index is 0.152. The van der Waals surface area contributed by atoms with Crippen molar-refractivity contribution in [3.05, 3.63) is 0 Å². The zero-order valence-corrected chi connectivity index (χ0v) is 12.9. The van der Waals surface area contributed by atoms with Gasteiger partial charge in [-0.1, -0.05) is 13.8 Å².